The van der Waals surface area contributed by atoms with E-state index in [0.29, 0.717) is 17.9 Å². The molecular formula is C18H20N4O2. The van der Waals surface area contributed by atoms with Gasteiger partial charge in [-0.3, -0.25) is 4.79 Å². The van der Waals surface area contributed by atoms with Crippen molar-refractivity contribution in [1.29, 1.82) is 0 Å². The highest BCUT2D eigenvalue weighted by atomic mass is 16.5. The highest BCUT2D eigenvalue weighted by molar-refractivity contribution is 5.94. The van der Waals surface area contributed by atoms with E-state index in [4.69, 9.17) is 10.5 Å². The van der Waals surface area contributed by atoms with Crippen molar-refractivity contribution < 1.29 is 9.53 Å². The highest BCUT2D eigenvalue weighted by Gasteiger charge is 2.11. The Labute approximate surface area is 140 Å². The largest absolute Gasteiger partial charge is 0.489 e. The van der Waals surface area contributed by atoms with Crippen molar-refractivity contribution in [3.05, 3.63) is 59.9 Å². The SMILES string of the molecule is CC(C)Oc1cc(C(N)=O)ccc1NCc1cccn2nccc12. The Morgan fingerprint density at radius 2 is 2.17 bits per heavy atom. The minimum absolute atomic E-state index is 0.00746. The molecule has 1 amide bonds. The van der Waals surface area contributed by atoms with Crippen LogP contribution in [-0.2, 0) is 6.54 Å². The summed E-state index contributed by atoms with van der Waals surface area (Å²) in [5, 5.41) is 7.60. The van der Waals surface area contributed by atoms with E-state index in [9.17, 15) is 4.79 Å². The second-order valence-corrected chi connectivity index (χ2v) is 5.79. The van der Waals surface area contributed by atoms with Crippen molar-refractivity contribution in [2.75, 3.05) is 5.32 Å². The van der Waals surface area contributed by atoms with E-state index < -0.39 is 5.91 Å². The molecule has 1 aromatic carbocycles. The zero-order valence-electron chi connectivity index (χ0n) is 13.7. The van der Waals surface area contributed by atoms with Crippen LogP contribution in [0.1, 0.15) is 29.8 Å². The molecular weight excluding hydrogens is 304 g/mol. The number of pyridine rings is 1. The molecule has 0 atom stereocenters. The predicted octanol–water partition coefficient (Wildman–Crippen LogP) is 2.83. The number of primary amides is 1. The van der Waals surface area contributed by atoms with E-state index in [2.05, 4.69) is 10.4 Å². The molecule has 2 heterocycles. The molecule has 0 aliphatic rings. The number of carbonyl (C=O) groups excluding carboxylic acids is 1. The van der Waals surface area contributed by atoms with Gasteiger partial charge in [-0.2, -0.15) is 5.10 Å². The third kappa shape index (κ3) is 3.32. The van der Waals surface area contributed by atoms with Gasteiger partial charge in [-0.1, -0.05) is 6.07 Å². The van der Waals surface area contributed by atoms with Gasteiger partial charge in [0.05, 0.1) is 17.3 Å². The number of fused-ring (bicyclic) bond motifs is 1. The second-order valence-electron chi connectivity index (χ2n) is 5.79. The van der Waals surface area contributed by atoms with Crippen molar-refractivity contribution in [2.45, 2.75) is 26.5 Å². The third-order valence-corrected chi connectivity index (χ3v) is 3.62. The summed E-state index contributed by atoms with van der Waals surface area (Å²) >= 11 is 0. The molecule has 0 saturated carbocycles. The molecule has 0 radical (unpaired) electrons. The molecule has 3 N–H and O–H groups in total. The zero-order chi connectivity index (χ0) is 17.1. The third-order valence-electron chi connectivity index (χ3n) is 3.62. The van der Waals surface area contributed by atoms with Gasteiger partial charge in [0.25, 0.3) is 0 Å². The number of aromatic nitrogens is 2. The predicted molar refractivity (Wildman–Crippen MR) is 93.2 cm³/mol. The van der Waals surface area contributed by atoms with Crippen molar-refractivity contribution in [1.82, 2.24) is 9.61 Å². The fourth-order valence-electron chi connectivity index (χ4n) is 2.53. The average Bonchev–Trinajstić information content (AvgIpc) is 3.02. The van der Waals surface area contributed by atoms with Gasteiger partial charge in [0.2, 0.25) is 5.91 Å². The van der Waals surface area contributed by atoms with Crippen LogP contribution in [0, 0.1) is 0 Å². The molecule has 2 aromatic heterocycles. The zero-order valence-corrected chi connectivity index (χ0v) is 13.7. The van der Waals surface area contributed by atoms with Gasteiger partial charge < -0.3 is 15.8 Å². The van der Waals surface area contributed by atoms with Gasteiger partial charge in [-0.05, 0) is 49.7 Å². The summed E-state index contributed by atoms with van der Waals surface area (Å²) in [7, 11) is 0. The van der Waals surface area contributed by atoms with E-state index in [0.717, 1.165) is 16.8 Å². The van der Waals surface area contributed by atoms with Gasteiger partial charge in [0.15, 0.2) is 0 Å². The molecule has 6 nitrogen and oxygen atoms in total. The molecule has 0 unspecified atom stereocenters. The molecule has 0 fully saturated rings. The molecule has 0 aliphatic heterocycles. The van der Waals surface area contributed by atoms with Crippen molar-refractivity contribution in [3.63, 3.8) is 0 Å². The molecule has 24 heavy (non-hydrogen) atoms. The number of anilines is 1. The number of hydrogen-bond acceptors (Lipinski definition) is 4. The summed E-state index contributed by atoms with van der Waals surface area (Å²) in [6, 6.07) is 11.2. The Morgan fingerprint density at radius 1 is 1.33 bits per heavy atom. The first-order valence-corrected chi connectivity index (χ1v) is 7.80. The molecule has 124 valence electrons. The Morgan fingerprint density at radius 3 is 2.92 bits per heavy atom. The molecule has 3 aromatic rings. The standard InChI is InChI=1S/C18H20N4O2/c1-12(2)24-17-10-13(18(19)23)5-6-15(17)20-11-14-4-3-9-22-16(14)7-8-21-22/h3-10,12,20H,11H2,1-2H3,(H2,19,23). The van der Waals surface area contributed by atoms with Gasteiger partial charge in [-0.25, -0.2) is 4.52 Å². The normalized spacial score (nSPS) is 11.0. The number of nitrogens with two attached hydrogens (primary N) is 1. The van der Waals surface area contributed by atoms with Crippen LogP contribution in [-0.4, -0.2) is 21.6 Å². The Balaban J connectivity index is 1.86. The summed E-state index contributed by atoms with van der Waals surface area (Å²) in [6.45, 7) is 4.49. The van der Waals surface area contributed by atoms with Crippen LogP contribution in [0.5, 0.6) is 5.75 Å². The second kappa shape index (κ2) is 6.62. The first-order valence-electron chi connectivity index (χ1n) is 7.80. The number of rotatable bonds is 6. The first-order chi connectivity index (χ1) is 11.5. The first kappa shape index (κ1) is 15.9. The minimum atomic E-state index is -0.473. The number of amides is 1. The van der Waals surface area contributed by atoms with Gasteiger partial charge in [0.1, 0.15) is 5.75 Å². The molecule has 0 aliphatic carbocycles. The molecule has 0 spiro atoms. The van der Waals surface area contributed by atoms with E-state index in [1.165, 1.54) is 0 Å². The van der Waals surface area contributed by atoms with Crippen LogP contribution in [0.25, 0.3) is 5.52 Å². The number of carbonyl (C=O) groups is 1. The number of nitrogens with one attached hydrogen (secondary N) is 1. The maximum atomic E-state index is 11.4. The van der Waals surface area contributed by atoms with Gasteiger partial charge >= 0.3 is 0 Å². The van der Waals surface area contributed by atoms with Gasteiger partial charge in [-0.15, -0.1) is 0 Å². The summed E-state index contributed by atoms with van der Waals surface area (Å²) in [6.07, 6.45) is 3.67. The summed E-state index contributed by atoms with van der Waals surface area (Å²) in [5.41, 5.74) is 8.76. The number of hydrogen-bond donors (Lipinski definition) is 2. The van der Waals surface area contributed by atoms with Crippen LogP contribution in [0.15, 0.2) is 48.8 Å². The van der Waals surface area contributed by atoms with Crippen molar-refractivity contribution in [2.24, 2.45) is 5.73 Å². The van der Waals surface area contributed by atoms with E-state index in [1.807, 2.05) is 48.8 Å². The maximum absolute atomic E-state index is 11.4. The van der Waals surface area contributed by atoms with E-state index in [-0.39, 0.29) is 6.10 Å². The summed E-state index contributed by atoms with van der Waals surface area (Å²) in [5.74, 6) is 0.140. The topological polar surface area (TPSA) is 81.6 Å². The molecule has 6 heteroatoms. The average molecular weight is 324 g/mol. The Bertz CT molecular complexity index is 870. The molecule has 0 bridgehead atoms. The Hall–Kier alpha value is -3.02. The van der Waals surface area contributed by atoms with Crippen LogP contribution in [0.4, 0.5) is 5.69 Å². The fourth-order valence-corrected chi connectivity index (χ4v) is 2.53. The number of benzene rings is 1. The lowest BCUT2D eigenvalue weighted by Gasteiger charge is -2.16. The lowest BCUT2D eigenvalue weighted by Crippen LogP contribution is -2.13. The van der Waals surface area contributed by atoms with Crippen LogP contribution >= 0.6 is 0 Å². The Kier molecular flexibility index (Phi) is 4.37. The fraction of sp³-hybridized carbons (Fsp3) is 0.222. The minimum Gasteiger partial charge on any atom is -0.489 e. The van der Waals surface area contributed by atoms with Crippen molar-refractivity contribution >= 4 is 17.1 Å². The van der Waals surface area contributed by atoms with Crippen LogP contribution < -0.4 is 15.8 Å². The maximum Gasteiger partial charge on any atom is 0.248 e. The summed E-state index contributed by atoms with van der Waals surface area (Å²) < 4.78 is 7.64. The monoisotopic (exact) mass is 324 g/mol. The number of ether oxygens (including phenoxy) is 1. The van der Waals surface area contributed by atoms with Crippen LogP contribution in [0.3, 0.4) is 0 Å². The van der Waals surface area contributed by atoms with Crippen molar-refractivity contribution in [3.8, 4) is 5.75 Å². The van der Waals surface area contributed by atoms with E-state index in [1.54, 1.807) is 18.3 Å². The highest BCUT2D eigenvalue weighted by Crippen LogP contribution is 2.28. The molecule has 3 rings (SSSR count). The quantitative estimate of drug-likeness (QED) is 0.730. The number of nitrogens with zero attached hydrogens (tertiary/aromatic N) is 2. The molecule has 0 saturated heterocycles. The van der Waals surface area contributed by atoms with Gasteiger partial charge in [0, 0.05) is 24.5 Å². The lowest BCUT2D eigenvalue weighted by molar-refractivity contribution is 0.0999. The lowest BCUT2D eigenvalue weighted by atomic mass is 10.1. The van der Waals surface area contributed by atoms with E-state index >= 15 is 0 Å². The van der Waals surface area contributed by atoms with Crippen LogP contribution in [0.2, 0.25) is 0 Å². The smallest absolute Gasteiger partial charge is 0.248 e. The summed E-state index contributed by atoms with van der Waals surface area (Å²) in [4.78, 5) is 11.4.